The van der Waals surface area contributed by atoms with Crippen molar-refractivity contribution < 1.29 is 4.79 Å². The van der Waals surface area contributed by atoms with Gasteiger partial charge >= 0.3 is 0 Å². The Hall–Kier alpha value is -2.95. The molecule has 0 aliphatic heterocycles. The Balaban J connectivity index is 1.90. The highest BCUT2D eigenvalue weighted by Crippen LogP contribution is 2.15. The van der Waals surface area contributed by atoms with Crippen LogP contribution in [0.15, 0.2) is 59.4 Å². The van der Waals surface area contributed by atoms with Gasteiger partial charge < -0.3 is 10.3 Å². The number of hydrogen-bond acceptors (Lipinski definition) is 3. The maximum absolute atomic E-state index is 12.3. The van der Waals surface area contributed by atoms with Crippen LogP contribution in [-0.2, 0) is 4.79 Å². The summed E-state index contributed by atoms with van der Waals surface area (Å²) in [5.74, 6) is -0.417. The largest absolute Gasteiger partial charge is 0.325 e. The molecule has 0 spiro atoms. The molecule has 110 valence electrons. The van der Waals surface area contributed by atoms with E-state index in [-0.39, 0.29) is 11.5 Å². The van der Waals surface area contributed by atoms with E-state index >= 15 is 0 Å². The summed E-state index contributed by atoms with van der Waals surface area (Å²) in [7, 11) is 0. The molecule has 0 fully saturated rings. The van der Waals surface area contributed by atoms with Gasteiger partial charge in [-0.1, -0.05) is 30.3 Å². The predicted molar refractivity (Wildman–Crippen MR) is 85.9 cm³/mol. The minimum Gasteiger partial charge on any atom is -0.325 e. The van der Waals surface area contributed by atoms with E-state index in [1.807, 2.05) is 24.3 Å². The second-order valence-electron chi connectivity index (χ2n) is 5.05. The lowest BCUT2D eigenvalue weighted by Gasteiger charge is -2.12. The molecule has 0 saturated carbocycles. The van der Waals surface area contributed by atoms with Crippen molar-refractivity contribution in [3.63, 3.8) is 0 Å². The molecule has 3 aromatic rings. The Labute approximate surface area is 127 Å². The molecule has 5 nitrogen and oxygen atoms in total. The average molecular weight is 293 g/mol. The summed E-state index contributed by atoms with van der Waals surface area (Å²) in [4.78, 5) is 31.4. The third-order valence-corrected chi connectivity index (χ3v) is 3.48. The van der Waals surface area contributed by atoms with Gasteiger partial charge in [-0.15, -0.1) is 0 Å². The number of aromatic nitrogens is 2. The van der Waals surface area contributed by atoms with E-state index in [1.54, 1.807) is 37.3 Å². The van der Waals surface area contributed by atoms with Crippen LogP contribution < -0.4 is 10.9 Å². The molecule has 1 unspecified atom stereocenters. The summed E-state index contributed by atoms with van der Waals surface area (Å²) in [6.07, 6.45) is 0. The monoisotopic (exact) mass is 293 g/mol. The molecule has 1 aromatic heterocycles. The lowest BCUT2D eigenvalue weighted by atomic mass is 10.1. The number of carbonyl (C=O) groups excluding carboxylic acids is 1. The number of hydrogen-bond donors (Lipinski definition) is 2. The highest BCUT2D eigenvalue weighted by molar-refractivity contribution is 5.95. The van der Waals surface area contributed by atoms with Gasteiger partial charge in [0.05, 0.1) is 16.8 Å². The summed E-state index contributed by atoms with van der Waals surface area (Å²) in [6, 6.07) is 16.2. The Morgan fingerprint density at radius 2 is 1.77 bits per heavy atom. The molecule has 1 heterocycles. The topological polar surface area (TPSA) is 74.8 Å². The van der Waals surface area contributed by atoms with E-state index in [4.69, 9.17) is 0 Å². The van der Waals surface area contributed by atoms with Crippen molar-refractivity contribution in [3.05, 3.63) is 70.8 Å². The number of aromatic amines is 1. The first-order chi connectivity index (χ1) is 10.6. The van der Waals surface area contributed by atoms with Crippen LogP contribution in [0.3, 0.4) is 0 Å². The highest BCUT2D eigenvalue weighted by Gasteiger charge is 2.18. The zero-order valence-electron chi connectivity index (χ0n) is 12.0. The molecule has 3 rings (SSSR count). The Kier molecular flexibility index (Phi) is 3.70. The van der Waals surface area contributed by atoms with E-state index < -0.39 is 5.92 Å². The van der Waals surface area contributed by atoms with E-state index in [0.29, 0.717) is 22.4 Å². The van der Waals surface area contributed by atoms with Crippen LogP contribution in [0.5, 0.6) is 0 Å². The van der Waals surface area contributed by atoms with E-state index in [2.05, 4.69) is 15.3 Å². The van der Waals surface area contributed by atoms with E-state index in [0.717, 1.165) is 0 Å². The Morgan fingerprint density at radius 3 is 2.55 bits per heavy atom. The molecule has 1 atom stereocenters. The normalized spacial score (nSPS) is 12.0. The first kappa shape index (κ1) is 14.0. The number of H-pyrrole nitrogens is 1. The van der Waals surface area contributed by atoms with Crippen LogP contribution in [0.1, 0.15) is 18.7 Å². The SMILES string of the molecule is CC(C(=O)Nc1ccccc1)c1nc2ccccc2c(=O)[nH]1. The van der Waals surface area contributed by atoms with Gasteiger partial charge in [-0.25, -0.2) is 4.98 Å². The molecule has 1 amide bonds. The number of nitrogens with one attached hydrogen (secondary N) is 2. The van der Waals surface area contributed by atoms with Crippen LogP contribution in [-0.4, -0.2) is 15.9 Å². The van der Waals surface area contributed by atoms with Gasteiger partial charge in [-0.05, 0) is 31.2 Å². The average Bonchev–Trinajstić information content (AvgIpc) is 2.55. The Morgan fingerprint density at radius 1 is 1.09 bits per heavy atom. The number of nitrogens with zero attached hydrogens (tertiary/aromatic N) is 1. The first-order valence-corrected chi connectivity index (χ1v) is 7.00. The third-order valence-electron chi connectivity index (χ3n) is 3.48. The second-order valence-corrected chi connectivity index (χ2v) is 5.05. The van der Waals surface area contributed by atoms with Gasteiger partial charge in [0.1, 0.15) is 5.82 Å². The van der Waals surface area contributed by atoms with Crippen molar-refractivity contribution in [2.75, 3.05) is 5.32 Å². The molecule has 2 aromatic carbocycles. The molecular formula is C17H15N3O2. The molecule has 0 radical (unpaired) electrons. The summed E-state index contributed by atoms with van der Waals surface area (Å²) >= 11 is 0. The maximum atomic E-state index is 12.3. The predicted octanol–water partition coefficient (Wildman–Crippen LogP) is 2.67. The van der Waals surface area contributed by atoms with E-state index in [1.165, 1.54) is 0 Å². The standard InChI is InChI=1S/C17H15N3O2/c1-11(16(21)18-12-7-3-2-4-8-12)15-19-14-10-6-5-9-13(14)17(22)20-15/h2-11H,1H3,(H,18,21)(H,19,20,22). The van der Waals surface area contributed by atoms with Crippen LogP contribution in [0, 0.1) is 0 Å². The number of para-hydroxylation sites is 2. The Bertz CT molecular complexity index is 872. The molecule has 0 saturated heterocycles. The highest BCUT2D eigenvalue weighted by atomic mass is 16.2. The number of amides is 1. The van der Waals surface area contributed by atoms with Crippen molar-refractivity contribution >= 4 is 22.5 Å². The number of rotatable bonds is 3. The molecule has 0 aliphatic rings. The second kappa shape index (κ2) is 5.81. The van der Waals surface area contributed by atoms with Gasteiger partial charge in [0.25, 0.3) is 5.56 Å². The lowest BCUT2D eigenvalue weighted by molar-refractivity contribution is -0.117. The minimum absolute atomic E-state index is 0.218. The van der Waals surface area contributed by atoms with Crippen LogP contribution in [0.25, 0.3) is 10.9 Å². The van der Waals surface area contributed by atoms with Gasteiger partial charge in [0, 0.05) is 5.69 Å². The van der Waals surface area contributed by atoms with Crippen LogP contribution >= 0.6 is 0 Å². The zero-order chi connectivity index (χ0) is 15.5. The van der Waals surface area contributed by atoms with Crippen molar-refractivity contribution in [2.45, 2.75) is 12.8 Å². The van der Waals surface area contributed by atoms with Gasteiger partial charge in [0.2, 0.25) is 5.91 Å². The molecule has 0 bridgehead atoms. The van der Waals surface area contributed by atoms with Gasteiger partial charge in [-0.3, -0.25) is 9.59 Å². The summed E-state index contributed by atoms with van der Waals surface area (Å²) < 4.78 is 0. The zero-order valence-corrected chi connectivity index (χ0v) is 12.0. The van der Waals surface area contributed by atoms with E-state index in [9.17, 15) is 9.59 Å². The minimum atomic E-state index is -0.558. The fraction of sp³-hybridized carbons (Fsp3) is 0.118. The summed E-state index contributed by atoms with van der Waals surface area (Å²) in [6.45, 7) is 1.71. The van der Waals surface area contributed by atoms with Crippen molar-refractivity contribution in [1.29, 1.82) is 0 Å². The number of fused-ring (bicyclic) bond motifs is 1. The van der Waals surface area contributed by atoms with Gasteiger partial charge in [0.15, 0.2) is 0 Å². The van der Waals surface area contributed by atoms with Crippen molar-refractivity contribution in [2.24, 2.45) is 0 Å². The maximum Gasteiger partial charge on any atom is 0.258 e. The van der Waals surface area contributed by atoms with Crippen LogP contribution in [0.2, 0.25) is 0 Å². The lowest BCUT2D eigenvalue weighted by Crippen LogP contribution is -2.23. The molecule has 5 heteroatoms. The van der Waals surface area contributed by atoms with Crippen LogP contribution in [0.4, 0.5) is 5.69 Å². The molecule has 0 aliphatic carbocycles. The number of anilines is 1. The quantitative estimate of drug-likeness (QED) is 0.779. The smallest absolute Gasteiger partial charge is 0.258 e. The molecule has 22 heavy (non-hydrogen) atoms. The van der Waals surface area contributed by atoms with Gasteiger partial charge in [-0.2, -0.15) is 0 Å². The number of benzene rings is 2. The van der Waals surface area contributed by atoms with Crippen molar-refractivity contribution in [3.8, 4) is 0 Å². The third kappa shape index (κ3) is 2.74. The summed E-state index contributed by atoms with van der Waals surface area (Å²) in [5.41, 5.74) is 1.06. The molecular weight excluding hydrogens is 278 g/mol. The fourth-order valence-corrected chi connectivity index (χ4v) is 2.21. The fourth-order valence-electron chi connectivity index (χ4n) is 2.21. The first-order valence-electron chi connectivity index (χ1n) is 7.00. The number of carbonyl (C=O) groups is 1. The van der Waals surface area contributed by atoms with Crippen molar-refractivity contribution in [1.82, 2.24) is 9.97 Å². The summed E-state index contributed by atoms with van der Waals surface area (Å²) in [5, 5.41) is 3.32. The molecule has 2 N–H and O–H groups in total.